The molecule has 0 aliphatic heterocycles. The van der Waals surface area contributed by atoms with Gasteiger partial charge in [-0.2, -0.15) is 18.3 Å². The van der Waals surface area contributed by atoms with E-state index in [0.29, 0.717) is 27.4 Å². The van der Waals surface area contributed by atoms with Gasteiger partial charge in [0.15, 0.2) is 0 Å². The monoisotopic (exact) mass is 459 g/mol. The van der Waals surface area contributed by atoms with E-state index in [2.05, 4.69) is 15.1 Å². The van der Waals surface area contributed by atoms with Crippen molar-refractivity contribution in [1.29, 1.82) is 0 Å². The van der Waals surface area contributed by atoms with Crippen molar-refractivity contribution >= 4 is 17.4 Å². The van der Waals surface area contributed by atoms with Gasteiger partial charge in [-0.05, 0) is 35.4 Å². The van der Waals surface area contributed by atoms with E-state index < -0.39 is 17.8 Å². The molecule has 0 fully saturated rings. The maximum absolute atomic E-state index is 12.9. The van der Waals surface area contributed by atoms with E-state index in [0.717, 1.165) is 17.7 Å². The lowest BCUT2D eigenvalue weighted by molar-refractivity contribution is -0.137. The summed E-state index contributed by atoms with van der Waals surface area (Å²) in [5.41, 5.74) is 8.33. The van der Waals surface area contributed by atoms with Crippen molar-refractivity contribution in [2.24, 2.45) is 0 Å². The zero-order valence-corrected chi connectivity index (χ0v) is 17.2. The highest BCUT2D eigenvalue weighted by Gasteiger charge is 2.30. The van der Waals surface area contributed by atoms with Crippen molar-refractivity contribution in [2.45, 2.75) is 12.2 Å². The van der Waals surface area contributed by atoms with E-state index in [1.165, 1.54) is 23.1 Å². The number of hydrogen-bond acceptors (Lipinski definition) is 5. The van der Waals surface area contributed by atoms with Gasteiger partial charge < -0.3 is 10.8 Å². The van der Waals surface area contributed by atoms with Gasteiger partial charge in [0.25, 0.3) is 0 Å². The average molecular weight is 460 g/mol. The lowest BCUT2D eigenvalue weighted by Gasteiger charge is -2.16. The first kappa shape index (κ1) is 21.8. The van der Waals surface area contributed by atoms with Crippen molar-refractivity contribution in [2.75, 3.05) is 12.3 Å². The fourth-order valence-corrected chi connectivity index (χ4v) is 3.51. The molecule has 0 amide bonds. The van der Waals surface area contributed by atoms with Crippen molar-refractivity contribution in [3.63, 3.8) is 0 Å². The second-order valence-corrected chi connectivity index (χ2v) is 7.45. The smallest absolute Gasteiger partial charge is 0.394 e. The zero-order valence-electron chi connectivity index (χ0n) is 16.5. The Morgan fingerprint density at radius 2 is 1.69 bits per heavy atom. The third-order valence-electron chi connectivity index (χ3n) is 5.00. The van der Waals surface area contributed by atoms with E-state index in [4.69, 9.17) is 17.3 Å². The highest BCUT2D eigenvalue weighted by Crippen LogP contribution is 2.35. The topological polar surface area (TPSA) is 89.9 Å². The number of aromatic nitrogens is 4. The minimum Gasteiger partial charge on any atom is -0.394 e. The van der Waals surface area contributed by atoms with E-state index in [-0.39, 0.29) is 12.4 Å². The Bertz CT molecular complexity index is 1220. The van der Waals surface area contributed by atoms with Crippen LogP contribution in [0.2, 0.25) is 5.02 Å². The normalized spacial score (nSPS) is 12.7. The number of nitrogens with zero attached hydrogens (tertiary/aromatic N) is 4. The molecular weight excluding hydrogens is 443 g/mol. The zero-order chi connectivity index (χ0) is 22.9. The standard InChI is InChI=1S/C22H17ClF3N5O/c23-17-7-3-14(4-8-17)19-20(28-12-29-21(19)27)15-9-30-31(10-15)18(11-32)13-1-5-16(6-2-13)22(24,25)26/h1-10,12,18,32H,11H2,(H2,27,28,29)/t18-/m0/s1. The Balaban J connectivity index is 1.71. The van der Waals surface area contributed by atoms with Gasteiger partial charge in [0.2, 0.25) is 0 Å². The lowest BCUT2D eigenvalue weighted by atomic mass is 10.0. The molecule has 2 heterocycles. The molecule has 0 unspecified atom stereocenters. The molecule has 164 valence electrons. The Morgan fingerprint density at radius 1 is 1.00 bits per heavy atom. The summed E-state index contributed by atoms with van der Waals surface area (Å²) in [5.74, 6) is 0.270. The summed E-state index contributed by atoms with van der Waals surface area (Å²) in [6.45, 7) is -0.359. The Labute approximate surface area is 186 Å². The van der Waals surface area contributed by atoms with Crippen molar-refractivity contribution < 1.29 is 18.3 Å². The second kappa shape index (κ2) is 8.60. The van der Waals surface area contributed by atoms with Crippen molar-refractivity contribution in [3.05, 3.63) is 83.4 Å². The van der Waals surface area contributed by atoms with Crippen LogP contribution in [0, 0.1) is 0 Å². The van der Waals surface area contributed by atoms with Crippen LogP contribution in [-0.2, 0) is 6.18 Å². The van der Waals surface area contributed by atoms with Gasteiger partial charge in [-0.3, -0.25) is 4.68 Å². The molecule has 0 radical (unpaired) electrons. The van der Waals surface area contributed by atoms with Gasteiger partial charge >= 0.3 is 6.18 Å². The molecule has 0 aliphatic rings. The molecule has 0 saturated heterocycles. The highest BCUT2D eigenvalue weighted by molar-refractivity contribution is 6.30. The van der Waals surface area contributed by atoms with Gasteiger partial charge in [-0.1, -0.05) is 35.9 Å². The van der Waals surface area contributed by atoms with Gasteiger partial charge in [0.1, 0.15) is 12.1 Å². The molecule has 4 rings (SSSR count). The summed E-state index contributed by atoms with van der Waals surface area (Å²) >= 11 is 5.98. The predicted octanol–water partition coefficient (Wildman–Crippen LogP) is 4.84. The number of halogens is 4. The van der Waals surface area contributed by atoms with E-state index >= 15 is 0 Å². The molecule has 2 aromatic carbocycles. The first-order chi connectivity index (χ1) is 15.3. The highest BCUT2D eigenvalue weighted by atomic mass is 35.5. The Morgan fingerprint density at radius 3 is 2.31 bits per heavy atom. The maximum Gasteiger partial charge on any atom is 0.416 e. The van der Waals surface area contributed by atoms with Gasteiger partial charge in [-0.15, -0.1) is 0 Å². The molecule has 0 spiro atoms. The first-order valence-corrected chi connectivity index (χ1v) is 9.84. The van der Waals surface area contributed by atoms with Crippen LogP contribution in [0.1, 0.15) is 17.2 Å². The fraction of sp³-hybridized carbons (Fsp3) is 0.136. The summed E-state index contributed by atoms with van der Waals surface area (Å²) < 4.78 is 40.0. The van der Waals surface area contributed by atoms with Gasteiger partial charge in [0.05, 0.1) is 35.7 Å². The molecule has 10 heteroatoms. The van der Waals surface area contributed by atoms with Crippen LogP contribution in [-0.4, -0.2) is 31.5 Å². The van der Waals surface area contributed by atoms with Crippen LogP contribution in [0.3, 0.4) is 0 Å². The number of anilines is 1. The maximum atomic E-state index is 12.9. The van der Waals surface area contributed by atoms with Crippen LogP contribution < -0.4 is 5.73 Å². The van der Waals surface area contributed by atoms with Crippen molar-refractivity contribution in [3.8, 4) is 22.4 Å². The molecule has 1 atom stereocenters. The van der Waals surface area contributed by atoms with Gasteiger partial charge in [-0.25, -0.2) is 9.97 Å². The Kier molecular flexibility index (Phi) is 5.86. The number of aliphatic hydroxyl groups is 1. The summed E-state index contributed by atoms with van der Waals surface area (Å²) in [7, 11) is 0. The molecule has 0 aliphatic carbocycles. The number of nitrogen functional groups attached to an aromatic ring is 1. The van der Waals surface area contributed by atoms with Crippen LogP contribution >= 0.6 is 11.6 Å². The van der Waals surface area contributed by atoms with Crippen LogP contribution in [0.25, 0.3) is 22.4 Å². The van der Waals surface area contributed by atoms with Crippen LogP contribution in [0.4, 0.5) is 19.0 Å². The second-order valence-electron chi connectivity index (χ2n) is 7.02. The predicted molar refractivity (Wildman–Crippen MR) is 115 cm³/mol. The number of alkyl halides is 3. The molecule has 32 heavy (non-hydrogen) atoms. The molecule has 6 nitrogen and oxygen atoms in total. The minimum atomic E-state index is -4.43. The largest absolute Gasteiger partial charge is 0.416 e. The molecule has 4 aromatic rings. The third kappa shape index (κ3) is 4.30. The third-order valence-corrected chi connectivity index (χ3v) is 5.25. The molecule has 0 saturated carbocycles. The van der Waals surface area contributed by atoms with E-state index in [9.17, 15) is 18.3 Å². The lowest BCUT2D eigenvalue weighted by Crippen LogP contribution is -2.15. The summed E-state index contributed by atoms with van der Waals surface area (Å²) in [4.78, 5) is 8.43. The number of hydrogen-bond donors (Lipinski definition) is 2. The molecule has 3 N–H and O–H groups in total. The van der Waals surface area contributed by atoms with Crippen molar-refractivity contribution in [1.82, 2.24) is 19.7 Å². The number of benzene rings is 2. The molecule has 2 aromatic heterocycles. The summed E-state index contributed by atoms with van der Waals surface area (Å²) in [5, 5.41) is 14.8. The number of aliphatic hydroxyl groups excluding tert-OH is 1. The Hall–Kier alpha value is -3.43. The number of nitrogens with two attached hydrogens (primary N) is 1. The van der Waals surface area contributed by atoms with E-state index in [1.54, 1.807) is 36.7 Å². The fourth-order valence-electron chi connectivity index (χ4n) is 3.39. The molecule has 0 bridgehead atoms. The SMILES string of the molecule is Nc1ncnc(-c2cnn([C@@H](CO)c3ccc(C(F)(F)F)cc3)c2)c1-c1ccc(Cl)cc1. The first-order valence-electron chi connectivity index (χ1n) is 9.47. The van der Waals surface area contributed by atoms with Gasteiger partial charge in [0, 0.05) is 16.8 Å². The minimum absolute atomic E-state index is 0.270. The summed E-state index contributed by atoms with van der Waals surface area (Å²) in [6.07, 6.45) is 0.103. The quantitative estimate of drug-likeness (QED) is 0.445. The van der Waals surface area contributed by atoms with E-state index in [1.807, 2.05) is 0 Å². The molecular formula is C22H17ClF3N5O. The van der Waals surface area contributed by atoms with Crippen LogP contribution in [0.5, 0.6) is 0 Å². The number of rotatable bonds is 5. The summed E-state index contributed by atoms with van der Waals surface area (Å²) in [6, 6.07) is 11.0. The van der Waals surface area contributed by atoms with Crippen LogP contribution in [0.15, 0.2) is 67.3 Å². The average Bonchev–Trinajstić information content (AvgIpc) is 3.24.